The van der Waals surface area contributed by atoms with Gasteiger partial charge in [-0.2, -0.15) is 0 Å². The number of hydrogen-bond acceptors (Lipinski definition) is 1. The summed E-state index contributed by atoms with van der Waals surface area (Å²) in [6, 6.07) is 17.4. The molecule has 20 heavy (non-hydrogen) atoms. The lowest BCUT2D eigenvalue weighted by Crippen LogP contribution is -2.12. The van der Waals surface area contributed by atoms with Gasteiger partial charge in [-0.05, 0) is 68.7 Å². The van der Waals surface area contributed by atoms with E-state index in [-0.39, 0.29) is 0 Å². The van der Waals surface area contributed by atoms with Gasteiger partial charge in [-0.15, -0.1) is 0 Å². The van der Waals surface area contributed by atoms with Gasteiger partial charge in [0.05, 0.1) is 0 Å². The summed E-state index contributed by atoms with van der Waals surface area (Å²) in [6.45, 7) is 1.18. The third kappa shape index (κ3) is 4.77. The average molecular weight is 332 g/mol. The predicted octanol–water partition coefficient (Wildman–Crippen LogP) is 5.00. The van der Waals surface area contributed by atoms with Crippen molar-refractivity contribution in [3.63, 3.8) is 0 Å². The molecular formula is C18H22BrN. The van der Waals surface area contributed by atoms with E-state index in [1.165, 1.54) is 42.5 Å². The molecule has 0 atom stereocenters. The SMILES string of the molecule is CN(C)CCCCc1ccc(-c2ccc(Br)cc2)cc1. The van der Waals surface area contributed by atoms with E-state index >= 15 is 0 Å². The van der Waals surface area contributed by atoms with E-state index in [1.807, 2.05) is 0 Å². The van der Waals surface area contributed by atoms with Gasteiger partial charge in [0.1, 0.15) is 0 Å². The zero-order valence-electron chi connectivity index (χ0n) is 12.3. The van der Waals surface area contributed by atoms with Crippen LogP contribution in [0, 0.1) is 0 Å². The van der Waals surface area contributed by atoms with Crippen molar-refractivity contribution in [2.45, 2.75) is 19.3 Å². The van der Waals surface area contributed by atoms with Crippen LogP contribution in [0.3, 0.4) is 0 Å². The molecule has 0 spiro atoms. The lowest BCUT2D eigenvalue weighted by atomic mass is 10.0. The van der Waals surface area contributed by atoms with Gasteiger partial charge < -0.3 is 4.90 Å². The first kappa shape index (κ1) is 15.3. The first-order valence-electron chi connectivity index (χ1n) is 7.15. The van der Waals surface area contributed by atoms with Crippen LogP contribution in [0.25, 0.3) is 11.1 Å². The van der Waals surface area contributed by atoms with Crippen LogP contribution in [-0.2, 0) is 6.42 Å². The summed E-state index contributed by atoms with van der Waals surface area (Å²) >= 11 is 3.47. The Balaban J connectivity index is 1.91. The fourth-order valence-electron chi connectivity index (χ4n) is 2.26. The van der Waals surface area contributed by atoms with E-state index in [9.17, 15) is 0 Å². The maximum absolute atomic E-state index is 3.47. The van der Waals surface area contributed by atoms with E-state index in [1.54, 1.807) is 0 Å². The largest absolute Gasteiger partial charge is 0.309 e. The van der Waals surface area contributed by atoms with Crippen molar-refractivity contribution in [2.24, 2.45) is 0 Å². The zero-order chi connectivity index (χ0) is 14.4. The molecule has 2 heteroatoms. The molecule has 0 aliphatic rings. The quantitative estimate of drug-likeness (QED) is 0.673. The molecule has 0 aromatic heterocycles. The molecule has 1 nitrogen and oxygen atoms in total. The minimum Gasteiger partial charge on any atom is -0.309 e. The van der Waals surface area contributed by atoms with Crippen LogP contribution in [-0.4, -0.2) is 25.5 Å². The van der Waals surface area contributed by atoms with Crippen molar-refractivity contribution in [1.29, 1.82) is 0 Å². The van der Waals surface area contributed by atoms with Crippen molar-refractivity contribution >= 4 is 15.9 Å². The van der Waals surface area contributed by atoms with Gasteiger partial charge in [0, 0.05) is 4.47 Å². The molecule has 0 saturated heterocycles. The number of benzene rings is 2. The Morgan fingerprint density at radius 2 is 1.35 bits per heavy atom. The maximum atomic E-state index is 3.47. The molecule has 0 amide bonds. The Bertz CT molecular complexity index is 514. The summed E-state index contributed by atoms with van der Waals surface area (Å²) in [5.74, 6) is 0. The first-order chi connectivity index (χ1) is 9.65. The summed E-state index contributed by atoms with van der Waals surface area (Å²) in [5.41, 5.74) is 3.99. The summed E-state index contributed by atoms with van der Waals surface area (Å²) in [6.07, 6.45) is 3.70. The number of nitrogens with zero attached hydrogens (tertiary/aromatic N) is 1. The fourth-order valence-corrected chi connectivity index (χ4v) is 2.53. The normalized spacial score (nSPS) is 11.0. The summed E-state index contributed by atoms with van der Waals surface area (Å²) in [4.78, 5) is 2.25. The smallest absolute Gasteiger partial charge is 0.0175 e. The fraction of sp³-hybridized carbons (Fsp3) is 0.333. The zero-order valence-corrected chi connectivity index (χ0v) is 13.9. The standard InChI is InChI=1S/C18H22BrN/c1-20(2)14-4-3-5-15-6-8-16(9-7-15)17-10-12-18(19)13-11-17/h6-13H,3-5,14H2,1-2H3. The van der Waals surface area contributed by atoms with Crippen molar-refractivity contribution < 1.29 is 0 Å². The van der Waals surface area contributed by atoms with Gasteiger partial charge in [-0.3, -0.25) is 0 Å². The molecule has 0 fully saturated rings. The molecule has 0 aliphatic heterocycles. The molecule has 2 aromatic rings. The van der Waals surface area contributed by atoms with Crippen LogP contribution in [0.4, 0.5) is 0 Å². The number of hydrogen-bond donors (Lipinski definition) is 0. The monoisotopic (exact) mass is 331 g/mol. The van der Waals surface area contributed by atoms with Crippen LogP contribution in [0.15, 0.2) is 53.0 Å². The van der Waals surface area contributed by atoms with Crippen molar-refractivity contribution in [3.05, 3.63) is 58.6 Å². The summed E-state index contributed by atoms with van der Waals surface area (Å²) in [7, 11) is 4.26. The van der Waals surface area contributed by atoms with Gasteiger partial charge in [0.15, 0.2) is 0 Å². The van der Waals surface area contributed by atoms with Crippen LogP contribution in [0.1, 0.15) is 18.4 Å². The van der Waals surface area contributed by atoms with Gasteiger partial charge in [-0.1, -0.05) is 52.3 Å². The van der Waals surface area contributed by atoms with Crippen molar-refractivity contribution in [1.82, 2.24) is 4.90 Å². The number of aryl methyl sites for hydroxylation is 1. The molecule has 0 aliphatic carbocycles. The maximum Gasteiger partial charge on any atom is 0.0175 e. The first-order valence-corrected chi connectivity index (χ1v) is 7.94. The lowest BCUT2D eigenvalue weighted by Gasteiger charge is -2.09. The number of rotatable bonds is 6. The highest BCUT2D eigenvalue weighted by molar-refractivity contribution is 9.10. The van der Waals surface area contributed by atoms with Gasteiger partial charge in [0.25, 0.3) is 0 Å². The highest BCUT2D eigenvalue weighted by Crippen LogP contribution is 2.22. The number of halogens is 1. The van der Waals surface area contributed by atoms with Gasteiger partial charge in [-0.25, -0.2) is 0 Å². The van der Waals surface area contributed by atoms with E-state index in [4.69, 9.17) is 0 Å². The van der Waals surface area contributed by atoms with Crippen LogP contribution in [0.5, 0.6) is 0 Å². The lowest BCUT2D eigenvalue weighted by molar-refractivity contribution is 0.394. The summed E-state index contributed by atoms with van der Waals surface area (Å²) < 4.78 is 1.12. The second kappa shape index (κ2) is 7.61. The molecular weight excluding hydrogens is 310 g/mol. The second-order valence-corrected chi connectivity index (χ2v) is 6.38. The van der Waals surface area contributed by atoms with Gasteiger partial charge >= 0.3 is 0 Å². The van der Waals surface area contributed by atoms with E-state index in [2.05, 4.69) is 83.5 Å². The third-order valence-electron chi connectivity index (χ3n) is 3.45. The summed E-state index contributed by atoms with van der Waals surface area (Å²) in [5, 5.41) is 0. The highest BCUT2D eigenvalue weighted by atomic mass is 79.9. The van der Waals surface area contributed by atoms with Crippen LogP contribution >= 0.6 is 15.9 Å². The van der Waals surface area contributed by atoms with E-state index in [0.29, 0.717) is 0 Å². The Morgan fingerprint density at radius 1 is 0.800 bits per heavy atom. The molecule has 2 aromatic carbocycles. The Kier molecular flexibility index (Phi) is 5.81. The van der Waals surface area contributed by atoms with Crippen LogP contribution < -0.4 is 0 Å². The van der Waals surface area contributed by atoms with E-state index < -0.39 is 0 Å². The molecule has 0 saturated carbocycles. The highest BCUT2D eigenvalue weighted by Gasteiger charge is 1.99. The second-order valence-electron chi connectivity index (χ2n) is 5.46. The van der Waals surface area contributed by atoms with E-state index in [0.717, 1.165) is 4.47 Å². The molecule has 106 valence electrons. The topological polar surface area (TPSA) is 3.24 Å². The Morgan fingerprint density at radius 3 is 1.90 bits per heavy atom. The van der Waals surface area contributed by atoms with Crippen molar-refractivity contribution in [2.75, 3.05) is 20.6 Å². The molecule has 0 bridgehead atoms. The minimum absolute atomic E-state index is 1.12. The average Bonchev–Trinajstić information content (AvgIpc) is 2.45. The van der Waals surface area contributed by atoms with Crippen LogP contribution in [0.2, 0.25) is 0 Å². The Hall–Kier alpha value is -1.12. The van der Waals surface area contributed by atoms with Crippen molar-refractivity contribution in [3.8, 4) is 11.1 Å². The molecule has 0 unspecified atom stereocenters. The molecule has 2 rings (SSSR count). The number of unbranched alkanes of at least 4 members (excludes halogenated alkanes) is 1. The molecule has 0 radical (unpaired) electrons. The predicted molar refractivity (Wildman–Crippen MR) is 91.1 cm³/mol. The molecule has 0 heterocycles. The Labute approximate surface area is 130 Å². The molecule has 0 N–H and O–H groups in total. The minimum atomic E-state index is 1.12. The van der Waals surface area contributed by atoms with Gasteiger partial charge in [0.2, 0.25) is 0 Å². The third-order valence-corrected chi connectivity index (χ3v) is 3.98.